The minimum atomic E-state index is 0.320. The second-order valence-electron chi connectivity index (χ2n) is 6.66. The molecule has 5 rings (SSSR count). The van der Waals surface area contributed by atoms with E-state index in [9.17, 15) is 0 Å². The van der Waals surface area contributed by atoms with Crippen LogP contribution in [0.2, 0.25) is 0 Å². The molecule has 26 heavy (non-hydrogen) atoms. The third-order valence-corrected chi connectivity index (χ3v) is 6.26. The highest BCUT2D eigenvalue weighted by molar-refractivity contribution is 7.19. The van der Waals surface area contributed by atoms with Gasteiger partial charge in [0.05, 0.1) is 12.6 Å². The summed E-state index contributed by atoms with van der Waals surface area (Å²) in [5.74, 6) is 1.71. The number of thiophene rings is 1. The Morgan fingerprint density at radius 2 is 1.88 bits per heavy atom. The minimum absolute atomic E-state index is 0.320. The Morgan fingerprint density at radius 3 is 2.62 bits per heavy atom. The average molecular weight is 358 g/mol. The van der Waals surface area contributed by atoms with Gasteiger partial charge in [0.25, 0.3) is 12.9 Å². The van der Waals surface area contributed by atoms with Crippen LogP contribution in [0.5, 0.6) is 11.5 Å². The molecule has 0 unspecified atom stereocenters. The monoisotopic (exact) mass is 358 g/mol. The van der Waals surface area contributed by atoms with Crippen molar-refractivity contribution in [3.8, 4) is 22.8 Å². The van der Waals surface area contributed by atoms with Gasteiger partial charge in [-0.3, -0.25) is 0 Å². The van der Waals surface area contributed by atoms with Crippen molar-refractivity contribution in [3.63, 3.8) is 0 Å². The van der Waals surface area contributed by atoms with Gasteiger partial charge in [-0.2, -0.15) is 0 Å². The average Bonchev–Trinajstić information content (AvgIpc) is 3.00. The van der Waals surface area contributed by atoms with Gasteiger partial charge in [0.2, 0.25) is 4.83 Å². The lowest BCUT2D eigenvalue weighted by Gasteiger charge is -2.23. The smallest absolute Gasteiger partial charge is 0.288 e. The van der Waals surface area contributed by atoms with Crippen molar-refractivity contribution in [3.05, 3.63) is 58.0 Å². The summed E-state index contributed by atoms with van der Waals surface area (Å²) in [7, 11) is 2.02. The van der Waals surface area contributed by atoms with Crippen LogP contribution < -0.4 is 9.30 Å². The molecule has 4 aromatic rings. The maximum atomic E-state index is 7.28. The lowest BCUT2D eigenvalue weighted by Crippen LogP contribution is -2.32. The summed E-state index contributed by atoms with van der Waals surface area (Å²) in [5, 5.41) is 3.49. The standard InChI is InChI=1S/C21H16N3OS/c1-11-13-7-5-6-8-14(13)12(2)19-16(11)18-17-20(25-19)15(9-22-3)26-21(17)23-10-24(18)4/h5-8,10H,9H2,1-2,4H3/q+1. The quantitative estimate of drug-likeness (QED) is 0.309. The van der Waals surface area contributed by atoms with Gasteiger partial charge in [0, 0.05) is 5.56 Å². The van der Waals surface area contributed by atoms with Crippen molar-refractivity contribution in [2.24, 2.45) is 7.05 Å². The van der Waals surface area contributed by atoms with Crippen LogP contribution in [-0.2, 0) is 13.6 Å². The van der Waals surface area contributed by atoms with Crippen molar-refractivity contribution >= 4 is 32.3 Å². The predicted molar refractivity (Wildman–Crippen MR) is 104 cm³/mol. The maximum absolute atomic E-state index is 7.28. The molecule has 2 aromatic heterocycles. The number of hydrogen-bond donors (Lipinski definition) is 0. The summed E-state index contributed by atoms with van der Waals surface area (Å²) >= 11 is 1.56. The molecule has 0 aliphatic carbocycles. The second kappa shape index (κ2) is 5.26. The van der Waals surface area contributed by atoms with Gasteiger partial charge in [0.15, 0.2) is 11.4 Å². The topological polar surface area (TPSA) is 30.4 Å². The Hall–Kier alpha value is -2.97. The summed E-state index contributed by atoms with van der Waals surface area (Å²) in [5.41, 5.74) is 4.62. The molecule has 1 aliphatic heterocycles. The predicted octanol–water partition coefficient (Wildman–Crippen LogP) is 5.08. The van der Waals surface area contributed by atoms with E-state index < -0.39 is 0 Å². The van der Waals surface area contributed by atoms with E-state index in [0.717, 1.165) is 43.4 Å². The Labute approximate surface area is 155 Å². The maximum Gasteiger partial charge on any atom is 0.288 e. The fourth-order valence-corrected chi connectivity index (χ4v) is 4.97. The van der Waals surface area contributed by atoms with Crippen LogP contribution in [0.15, 0.2) is 30.6 Å². The first-order valence-corrected chi connectivity index (χ1v) is 9.26. The van der Waals surface area contributed by atoms with Crippen LogP contribution in [0.25, 0.3) is 37.1 Å². The Morgan fingerprint density at radius 1 is 1.15 bits per heavy atom. The molecule has 1 aliphatic rings. The number of benzene rings is 2. The largest absolute Gasteiger partial charge is 0.454 e. The normalized spacial score (nSPS) is 12.1. The summed E-state index contributed by atoms with van der Waals surface area (Å²) < 4.78 is 8.53. The van der Waals surface area contributed by atoms with Crippen LogP contribution in [0.3, 0.4) is 0 Å². The third-order valence-electron chi connectivity index (χ3n) is 5.19. The highest BCUT2D eigenvalue weighted by Crippen LogP contribution is 2.53. The molecule has 5 heteroatoms. The Kier molecular flexibility index (Phi) is 3.10. The molecule has 0 radical (unpaired) electrons. The van der Waals surface area contributed by atoms with Crippen LogP contribution >= 0.6 is 11.3 Å². The molecule has 0 N–H and O–H groups in total. The first-order chi connectivity index (χ1) is 12.6. The molecule has 0 amide bonds. The van der Waals surface area contributed by atoms with E-state index in [4.69, 9.17) is 11.3 Å². The molecular formula is C21H16N3OS+. The number of aromatic nitrogens is 2. The van der Waals surface area contributed by atoms with Gasteiger partial charge in [-0.15, -0.1) is 0 Å². The third kappa shape index (κ3) is 1.82. The summed E-state index contributed by atoms with van der Waals surface area (Å²) in [6.07, 6.45) is 1.86. The van der Waals surface area contributed by atoms with E-state index in [1.807, 2.05) is 13.4 Å². The van der Waals surface area contributed by atoms with Gasteiger partial charge < -0.3 is 9.58 Å². The van der Waals surface area contributed by atoms with E-state index in [1.165, 1.54) is 16.3 Å². The molecule has 4 nitrogen and oxygen atoms in total. The zero-order valence-corrected chi connectivity index (χ0v) is 15.6. The number of nitrogens with zero attached hydrogens (tertiary/aromatic N) is 3. The minimum Gasteiger partial charge on any atom is -0.454 e. The van der Waals surface area contributed by atoms with E-state index in [2.05, 4.69) is 52.5 Å². The molecular weight excluding hydrogens is 342 g/mol. The van der Waals surface area contributed by atoms with E-state index in [-0.39, 0.29) is 0 Å². The van der Waals surface area contributed by atoms with Crippen molar-refractivity contribution in [1.29, 1.82) is 0 Å². The molecule has 0 atom stereocenters. The Balaban J connectivity index is 2.00. The number of rotatable bonds is 1. The molecule has 0 spiro atoms. The molecule has 126 valence electrons. The van der Waals surface area contributed by atoms with Crippen LogP contribution in [0, 0.1) is 20.4 Å². The van der Waals surface area contributed by atoms with Crippen LogP contribution in [0.1, 0.15) is 16.0 Å². The van der Waals surface area contributed by atoms with E-state index in [1.54, 1.807) is 11.3 Å². The fourth-order valence-electron chi connectivity index (χ4n) is 3.98. The lowest BCUT2D eigenvalue weighted by atomic mass is 9.90. The summed E-state index contributed by atoms with van der Waals surface area (Å²) in [6, 6.07) is 8.46. The number of hydrogen-bond acceptors (Lipinski definition) is 3. The zero-order chi connectivity index (χ0) is 18.0. The van der Waals surface area contributed by atoms with E-state index in [0.29, 0.717) is 6.54 Å². The van der Waals surface area contributed by atoms with Gasteiger partial charge in [-0.05, 0) is 35.2 Å². The van der Waals surface area contributed by atoms with Crippen molar-refractivity contribution in [1.82, 2.24) is 4.98 Å². The number of fused-ring (bicyclic) bond motifs is 3. The van der Waals surface area contributed by atoms with Crippen molar-refractivity contribution < 1.29 is 9.30 Å². The first kappa shape index (κ1) is 15.3. The lowest BCUT2D eigenvalue weighted by molar-refractivity contribution is -0.662. The first-order valence-electron chi connectivity index (χ1n) is 8.45. The highest BCUT2D eigenvalue weighted by Gasteiger charge is 2.35. The molecule has 2 aromatic carbocycles. The number of ether oxygens (including phenoxy) is 1. The fraction of sp³-hybridized carbons (Fsp3) is 0.190. The van der Waals surface area contributed by atoms with Crippen LogP contribution in [0.4, 0.5) is 0 Å². The summed E-state index contributed by atoms with van der Waals surface area (Å²) in [4.78, 5) is 10.0. The van der Waals surface area contributed by atoms with Crippen molar-refractivity contribution in [2.75, 3.05) is 0 Å². The number of aryl methyl sites for hydroxylation is 3. The van der Waals surface area contributed by atoms with Gasteiger partial charge in [0.1, 0.15) is 16.0 Å². The molecule has 0 saturated heterocycles. The van der Waals surface area contributed by atoms with E-state index >= 15 is 0 Å². The molecule has 3 heterocycles. The highest BCUT2D eigenvalue weighted by atomic mass is 32.1. The molecule has 0 bridgehead atoms. The van der Waals surface area contributed by atoms with Gasteiger partial charge >= 0.3 is 0 Å². The van der Waals surface area contributed by atoms with Gasteiger partial charge in [-0.25, -0.2) is 11.1 Å². The van der Waals surface area contributed by atoms with Gasteiger partial charge in [-0.1, -0.05) is 35.6 Å². The Bertz CT molecular complexity index is 1280. The SMILES string of the molecule is [C-]#[N+]Cc1sc2nc[n+](C)c3c2c1Oc1c-3c(C)c2ccccc2c1C. The van der Waals surface area contributed by atoms with Crippen molar-refractivity contribution in [2.45, 2.75) is 20.4 Å². The summed E-state index contributed by atoms with van der Waals surface area (Å²) in [6.45, 7) is 11.9. The molecule has 0 fully saturated rings. The second-order valence-corrected chi connectivity index (χ2v) is 7.74. The zero-order valence-electron chi connectivity index (χ0n) is 14.8. The van der Waals surface area contributed by atoms with Crippen LogP contribution in [-0.4, -0.2) is 4.98 Å². The molecule has 0 saturated carbocycles.